The van der Waals surface area contributed by atoms with Gasteiger partial charge in [0, 0.05) is 19.6 Å². The van der Waals surface area contributed by atoms with Crippen LogP contribution < -0.4 is 5.32 Å². The lowest BCUT2D eigenvalue weighted by molar-refractivity contribution is -0.148. The monoisotopic (exact) mass is 284 g/mol. The van der Waals surface area contributed by atoms with Crippen LogP contribution in [0.25, 0.3) is 0 Å². The van der Waals surface area contributed by atoms with E-state index in [1.807, 2.05) is 6.92 Å². The summed E-state index contributed by atoms with van der Waals surface area (Å²) in [5.41, 5.74) is -0.728. The zero-order chi connectivity index (χ0) is 15.0. The van der Waals surface area contributed by atoms with Gasteiger partial charge in [0.15, 0.2) is 0 Å². The maximum absolute atomic E-state index is 12.0. The van der Waals surface area contributed by atoms with Crippen molar-refractivity contribution in [3.05, 3.63) is 0 Å². The Kier molecular flexibility index (Phi) is 6.82. The standard InChI is InChI=1S/C15H28N2O3/c1-3-5-6-7-10-16-14(20)17-11-9-15(12-17,8-4-2)13(18)19/h3-12H2,1-2H3,(H,16,20)(H,18,19). The van der Waals surface area contributed by atoms with Gasteiger partial charge in [-0.25, -0.2) is 4.79 Å². The van der Waals surface area contributed by atoms with Gasteiger partial charge in [-0.1, -0.05) is 39.5 Å². The van der Waals surface area contributed by atoms with Crippen LogP contribution in [0.1, 0.15) is 58.8 Å². The highest BCUT2D eigenvalue weighted by molar-refractivity contribution is 5.79. The van der Waals surface area contributed by atoms with E-state index in [0.29, 0.717) is 32.5 Å². The van der Waals surface area contributed by atoms with Crippen LogP contribution in [0.4, 0.5) is 4.79 Å². The molecule has 1 aliphatic heterocycles. The summed E-state index contributed by atoms with van der Waals surface area (Å²) in [4.78, 5) is 25.1. The molecule has 0 aliphatic carbocycles. The molecule has 0 saturated carbocycles. The van der Waals surface area contributed by atoms with Gasteiger partial charge < -0.3 is 15.3 Å². The number of urea groups is 1. The van der Waals surface area contributed by atoms with Crippen LogP contribution in [0.2, 0.25) is 0 Å². The summed E-state index contributed by atoms with van der Waals surface area (Å²) in [7, 11) is 0. The van der Waals surface area contributed by atoms with Crippen LogP contribution in [0.5, 0.6) is 0 Å². The number of nitrogens with one attached hydrogen (secondary N) is 1. The molecule has 1 rings (SSSR count). The molecule has 1 heterocycles. The fraction of sp³-hybridized carbons (Fsp3) is 0.867. The fourth-order valence-electron chi connectivity index (χ4n) is 2.87. The van der Waals surface area contributed by atoms with Crippen molar-refractivity contribution in [2.24, 2.45) is 5.41 Å². The van der Waals surface area contributed by atoms with Crippen LogP contribution in [0.15, 0.2) is 0 Å². The van der Waals surface area contributed by atoms with Gasteiger partial charge in [-0.15, -0.1) is 0 Å². The Morgan fingerprint density at radius 3 is 2.55 bits per heavy atom. The number of amides is 2. The highest BCUT2D eigenvalue weighted by Gasteiger charge is 2.45. The Hall–Kier alpha value is -1.26. The van der Waals surface area contributed by atoms with E-state index in [-0.39, 0.29) is 6.03 Å². The Morgan fingerprint density at radius 1 is 1.20 bits per heavy atom. The van der Waals surface area contributed by atoms with E-state index in [4.69, 9.17) is 0 Å². The van der Waals surface area contributed by atoms with Crippen LogP contribution in [-0.2, 0) is 4.79 Å². The lowest BCUT2D eigenvalue weighted by Crippen LogP contribution is -2.42. The number of likely N-dealkylation sites (tertiary alicyclic amines) is 1. The molecule has 0 aromatic rings. The molecule has 0 aromatic heterocycles. The lowest BCUT2D eigenvalue weighted by Gasteiger charge is -2.24. The molecule has 116 valence electrons. The number of hydrogen-bond donors (Lipinski definition) is 2. The largest absolute Gasteiger partial charge is 0.481 e. The Bertz CT molecular complexity index is 333. The lowest BCUT2D eigenvalue weighted by atomic mass is 9.83. The van der Waals surface area contributed by atoms with Crippen molar-refractivity contribution in [2.45, 2.75) is 58.8 Å². The molecular weight excluding hydrogens is 256 g/mol. The number of unbranched alkanes of at least 4 members (excludes halogenated alkanes) is 3. The molecule has 0 spiro atoms. The van der Waals surface area contributed by atoms with Gasteiger partial charge in [0.1, 0.15) is 0 Å². The molecule has 1 fully saturated rings. The summed E-state index contributed by atoms with van der Waals surface area (Å²) in [6.07, 6.45) is 6.54. The van der Waals surface area contributed by atoms with E-state index >= 15 is 0 Å². The molecule has 0 aromatic carbocycles. The van der Waals surface area contributed by atoms with Crippen molar-refractivity contribution >= 4 is 12.0 Å². The predicted octanol–water partition coefficient (Wildman–Crippen LogP) is 2.85. The van der Waals surface area contributed by atoms with Crippen molar-refractivity contribution in [3.63, 3.8) is 0 Å². The third-order valence-corrected chi connectivity index (χ3v) is 4.13. The van der Waals surface area contributed by atoms with Crippen molar-refractivity contribution in [2.75, 3.05) is 19.6 Å². The third-order valence-electron chi connectivity index (χ3n) is 4.13. The van der Waals surface area contributed by atoms with Crippen LogP contribution >= 0.6 is 0 Å². The first-order valence-corrected chi connectivity index (χ1v) is 7.82. The molecule has 5 nitrogen and oxygen atoms in total. The fourth-order valence-corrected chi connectivity index (χ4v) is 2.87. The number of carboxylic acids is 1. The van der Waals surface area contributed by atoms with Gasteiger partial charge >= 0.3 is 12.0 Å². The summed E-state index contributed by atoms with van der Waals surface area (Å²) < 4.78 is 0. The second kappa shape index (κ2) is 8.12. The molecule has 5 heteroatoms. The quantitative estimate of drug-likeness (QED) is 0.673. The SMILES string of the molecule is CCCCCCNC(=O)N1CCC(CCC)(C(=O)O)C1. The van der Waals surface area contributed by atoms with Gasteiger partial charge in [-0.3, -0.25) is 4.79 Å². The summed E-state index contributed by atoms with van der Waals surface area (Å²) in [6, 6.07) is -0.110. The first-order chi connectivity index (χ1) is 9.55. The average molecular weight is 284 g/mol. The molecule has 2 N–H and O–H groups in total. The van der Waals surface area contributed by atoms with Gasteiger partial charge in [0.05, 0.1) is 5.41 Å². The second-order valence-electron chi connectivity index (χ2n) is 5.80. The van der Waals surface area contributed by atoms with Crippen molar-refractivity contribution in [1.82, 2.24) is 10.2 Å². The van der Waals surface area contributed by atoms with Crippen LogP contribution in [0, 0.1) is 5.41 Å². The molecule has 20 heavy (non-hydrogen) atoms. The van der Waals surface area contributed by atoms with E-state index in [1.54, 1.807) is 4.90 Å². The maximum atomic E-state index is 12.0. The zero-order valence-corrected chi connectivity index (χ0v) is 12.8. The second-order valence-corrected chi connectivity index (χ2v) is 5.80. The van der Waals surface area contributed by atoms with Crippen molar-refractivity contribution < 1.29 is 14.7 Å². The number of carboxylic acid groups (broad SMARTS) is 1. The summed E-state index contributed by atoms with van der Waals surface area (Å²) in [5, 5.41) is 12.3. The van der Waals surface area contributed by atoms with Crippen LogP contribution in [0.3, 0.4) is 0 Å². The van der Waals surface area contributed by atoms with E-state index in [9.17, 15) is 14.7 Å². The Balaban J connectivity index is 2.38. The highest BCUT2D eigenvalue weighted by Crippen LogP contribution is 2.35. The van der Waals surface area contributed by atoms with Gasteiger partial charge in [-0.2, -0.15) is 0 Å². The molecular formula is C15H28N2O3. The number of carbonyl (C=O) groups is 2. The summed E-state index contributed by atoms with van der Waals surface area (Å²) >= 11 is 0. The van der Waals surface area contributed by atoms with E-state index in [2.05, 4.69) is 12.2 Å². The molecule has 0 bridgehead atoms. The number of carbonyl (C=O) groups excluding carboxylic acids is 1. The smallest absolute Gasteiger partial charge is 0.317 e. The summed E-state index contributed by atoms with van der Waals surface area (Å²) in [5.74, 6) is -0.766. The third kappa shape index (κ3) is 4.39. The topological polar surface area (TPSA) is 69.6 Å². The molecule has 1 atom stereocenters. The predicted molar refractivity (Wildman–Crippen MR) is 78.7 cm³/mol. The van der Waals surface area contributed by atoms with Crippen molar-refractivity contribution in [1.29, 1.82) is 0 Å². The number of aliphatic carboxylic acids is 1. The number of hydrogen-bond acceptors (Lipinski definition) is 2. The molecule has 1 saturated heterocycles. The van der Waals surface area contributed by atoms with Crippen LogP contribution in [-0.4, -0.2) is 41.6 Å². The Morgan fingerprint density at radius 2 is 1.95 bits per heavy atom. The molecule has 1 unspecified atom stereocenters. The maximum Gasteiger partial charge on any atom is 0.317 e. The Labute approximate surface area is 121 Å². The van der Waals surface area contributed by atoms with Gasteiger partial charge in [0.25, 0.3) is 0 Å². The minimum Gasteiger partial charge on any atom is -0.481 e. The number of rotatable bonds is 8. The average Bonchev–Trinajstić information content (AvgIpc) is 2.84. The van der Waals surface area contributed by atoms with E-state index < -0.39 is 11.4 Å². The molecule has 1 aliphatic rings. The normalized spacial score (nSPS) is 22.0. The minimum atomic E-state index is -0.766. The minimum absolute atomic E-state index is 0.110. The summed E-state index contributed by atoms with van der Waals surface area (Å²) in [6.45, 7) is 5.72. The van der Waals surface area contributed by atoms with Crippen molar-refractivity contribution in [3.8, 4) is 0 Å². The van der Waals surface area contributed by atoms with E-state index in [1.165, 1.54) is 12.8 Å². The molecule has 2 amide bonds. The van der Waals surface area contributed by atoms with Gasteiger partial charge in [-0.05, 0) is 19.3 Å². The van der Waals surface area contributed by atoms with Gasteiger partial charge in [0.2, 0.25) is 0 Å². The number of nitrogens with zero attached hydrogens (tertiary/aromatic N) is 1. The zero-order valence-electron chi connectivity index (χ0n) is 12.8. The molecule has 0 radical (unpaired) electrons. The first-order valence-electron chi connectivity index (χ1n) is 7.82. The first kappa shape index (κ1) is 16.8. The highest BCUT2D eigenvalue weighted by atomic mass is 16.4. The van der Waals surface area contributed by atoms with E-state index in [0.717, 1.165) is 19.3 Å².